The van der Waals surface area contributed by atoms with E-state index in [9.17, 15) is 0 Å². The number of nitrogens with zero attached hydrogens (tertiary/aromatic N) is 4. The van der Waals surface area contributed by atoms with Crippen LogP contribution in [0.4, 0.5) is 5.69 Å². The summed E-state index contributed by atoms with van der Waals surface area (Å²) < 4.78 is 11.1. The standard InChI is InChI=1S/C24H35N5O2.HI/c1-25-24(26-19-20-6-5-7-23(18-20)31-17-16-27(2)3)29-14-12-28(13-15-29)21-8-10-22(30-4)11-9-21;/h5-11,18H,12-17,19H2,1-4H3,(H,25,26);1H. The number of ether oxygens (including phenoxy) is 2. The van der Waals surface area contributed by atoms with Gasteiger partial charge in [0.1, 0.15) is 18.1 Å². The number of hydrogen-bond acceptors (Lipinski definition) is 5. The zero-order chi connectivity index (χ0) is 22.1. The lowest BCUT2D eigenvalue weighted by atomic mass is 10.2. The summed E-state index contributed by atoms with van der Waals surface area (Å²) in [4.78, 5) is 11.3. The van der Waals surface area contributed by atoms with Gasteiger partial charge in [0.05, 0.1) is 7.11 Å². The largest absolute Gasteiger partial charge is 0.497 e. The summed E-state index contributed by atoms with van der Waals surface area (Å²) in [7, 11) is 7.64. The maximum atomic E-state index is 5.85. The third-order valence-corrected chi connectivity index (χ3v) is 5.38. The number of benzene rings is 2. The Hall–Kier alpha value is -2.20. The van der Waals surface area contributed by atoms with Crippen molar-refractivity contribution in [3.63, 3.8) is 0 Å². The number of piperazine rings is 1. The molecule has 0 amide bonds. The van der Waals surface area contributed by atoms with Crippen molar-refractivity contribution in [2.45, 2.75) is 6.54 Å². The van der Waals surface area contributed by atoms with E-state index in [0.717, 1.165) is 56.7 Å². The Bertz CT molecular complexity index is 837. The molecule has 1 saturated heterocycles. The highest BCUT2D eigenvalue weighted by molar-refractivity contribution is 14.0. The molecular formula is C24H36IN5O2. The van der Waals surface area contributed by atoms with Crippen molar-refractivity contribution in [3.05, 3.63) is 54.1 Å². The molecule has 0 aliphatic carbocycles. The topological polar surface area (TPSA) is 52.6 Å². The van der Waals surface area contributed by atoms with Crippen molar-refractivity contribution in [2.75, 3.05) is 72.5 Å². The molecule has 7 nitrogen and oxygen atoms in total. The molecule has 1 heterocycles. The van der Waals surface area contributed by atoms with Crippen molar-refractivity contribution < 1.29 is 9.47 Å². The number of nitrogens with one attached hydrogen (secondary N) is 1. The van der Waals surface area contributed by atoms with Crippen LogP contribution in [0.1, 0.15) is 5.56 Å². The van der Waals surface area contributed by atoms with E-state index in [1.54, 1.807) is 7.11 Å². The monoisotopic (exact) mass is 553 g/mol. The fourth-order valence-corrected chi connectivity index (χ4v) is 3.57. The van der Waals surface area contributed by atoms with Gasteiger partial charge in [0.15, 0.2) is 5.96 Å². The molecule has 176 valence electrons. The summed E-state index contributed by atoms with van der Waals surface area (Å²) in [6, 6.07) is 16.5. The highest BCUT2D eigenvalue weighted by atomic mass is 127. The van der Waals surface area contributed by atoms with Gasteiger partial charge in [0, 0.05) is 52.0 Å². The first-order valence-electron chi connectivity index (χ1n) is 10.8. The van der Waals surface area contributed by atoms with E-state index in [1.165, 1.54) is 11.3 Å². The van der Waals surface area contributed by atoms with E-state index >= 15 is 0 Å². The van der Waals surface area contributed by atoms with Gasteiger partial charge in [0.25, 0.3) is 0 Å². The molecule has 0 aromatic heterocycles. The SMILES string of the molecule is CN=C(NCc1cccc(OCCN(C)C)c1)N1CCN(c2ccc(OC)cc2)CC1.I. The summed E-state index contributed by atoms with van der Waals surface area (Å²) in [6.07, 6.45) is 0. The second-order valence-electron chi connectivity index (χ2n) is 7.87. The Kier molecular flexibility index (Phi) is 10.9. The number of halogens is 1. The number of hydrogen-bond donors (Lipinski definition) is 1. The summed E-state index contributed by atoms with van der Waals surface area (Å²) in [5.74, 6) is 2.73. The van der Waals surface area contributed by atoms with Gasteiger partial charge in [-0.25, -0.2) is 0 Å². The predicted octanol–water partition coefficient (Wildman–Crippen LogP) is 3.15. The van der Waals surface area contributed by atoms with E-state index in [4.69, 9.17) is 9.47 Å². The van der Waals surface area contributed by atoms with Crippen LogP contribution in [-0.4, -0.2) is 83.3 Å². The van der Waals surface area contributed by atoms with Crippen molar-refractivity contribution >= 4 is 35.6 Å². The van der Waals surface area contributed by atoms with E-state index in [0.29, 0.717) is 6.61 Å². The minimum absolute atomic E-state index is 0. The van der Waals surface area contributed by atoms with Gasteiger partial charge in [-0.15, -0.1) is 24.0 Å². The van der Waals surface area contributed by atoms with Crippen LogP contribution in [0.5, 0.6) is 11.5 Å². The van der Waals surface area contributed by atoms with E-state index in [-0.39, 0.29) is 24.0 Å². The van der Waals surface area contributed by atoms with E-state index in [2.05, 4.69) is 49.3 Å². The van der Waals surface area contributed by atoms with Crippen LogP contribution >= 0.6 is 24.0 Å². The number of anilines is 1. The molecule has 3 rings (SSSR count). The minimum atomic E-state index is 0. The van der Waals surface area contributed by atoms with Crippen molar-refractivity contribution in [2.24, 2.45) is 4.99 Å². The first-order valence-corrected chi connectivity index (χ1v) is 10.8. The zero-order valence-electron chi connectivity index (χ0n) is 19.6. The Morgan fingerprint density at radius 3 is 2.38 bits per heavy atom. The Balaban J connectivity index is 0.00000363. The fourth-order valence-electron chi connectivity index (χ4n) is 3.57. The van der Waals surface area contributed by atoms with Gasteiger partial charge in [0.2, 0.25) is 0 Å². The molecule has 0 saturated carbocycles. The molecule has 0 bridgehead atoms. The zero-order valence-corrected chi connectivity index (χ0v) is 21.9. The molecular weight excluding hydrogens is 517 g/mol. The van der Waals surface area contributed by atoms with Gasteiger partial charge in [-0.1, -0.05) is 12.1 Å². The smallest absolute Gasteiger partial charge is 0.194 e. The van der Waals surface area contributed by atoms with Gasteiger partial charge in [-0.05, 0) is 56.1 Å². The summed E-state index contributed by atoms with van der Waals surface area (Å²) in [5.41, 5.74) is 2.41. The first kappa shape index (κ1) is 26.1. The maximum absolute atomic E-state index is 5.85. The van der Waals surface area contributed by atoms with Crippen LogP contribution < -0.4 is 19.7 Å². The van der Waals surface area contributed by atoms with Crippen LogP contribution in [0.2, 0.25) is 0 Å². The molecule has 8 heteroatoms. The van der Waals surface area contributed by atoms with Gasteiger partial charge >= 0.3 is 0 Å². The Morgan fingerprint density at radius 2 is 1.75 bits per heavy atom. The van der Waals surface area contributed by atoms with Crippen LogP contribution in [0, 0.1) is 0 Å². The first-order chi connectivity index (χ1) is 15.1. The molecule has 2 aromatic carbocycles. The molecule has 1 aliphatic rings. The molecule has 0 unspecified atom stereocenters. The normalized spacial score (nSPS) is 14.2. The molecule has 32 heavy (non-hydrogen) atoms. The summed E-state index contributed by atoms with van der Waals surface area (Å²) in [6.45, 7) is 6.08. The lowest BCUT2D eigenvalue weighted by molar-refractivity contribution is 0.261. The van der Waals surface area contributed by atoms with Crippen molar-refractivity contribution in [3.8, 4) is 11.5 Å². The average molecular weight is 553 g/mol. The van der Waals surface area contributed by atoms with Crippen molar-refractivity contribution in [1.82, 2.24) is 15.1 Å². The van der Waals surface area contributed by atoms with Crippen LogP contribution in [-0.2, 0) is 6.54 Å². The van der Waals surface area contributed by atoms with Crippen LogP contribution in [0.3, 0.4) is 0 Å². The lowest BCUT2D eigenvalue weighted by Crippen LogP contribution is -2.52. The molecule has 1 N–H and O–H groups in total. The third-order valence-electron chi connectivity index (χ3n) is 5.38. The molecule has 0 radical (unpaired) electrons. The maximum Gasteiger partial charge on any atom is 0.194 e. The number of rotatable bonds is 8. The fraction of sp³-hybridized carbons (Fsp3) is 0.458. The Morgan fingerprint density at radius 1 is 1.03 bits per heavy atom. The van der Waals surface area contributed by atoms with Gasteiger partial charge in [-0.2, -0.15) is 0 Å². The number of methoxy groups -OCH3 is 1. The lowest BCUT2D eigenvalue weighted by Gasteiger charge is -2.37. The molecule has 1 fully saturated rings. The van der Waals surface area contributed by atoms with Crippen molar-refractivity contribution in [1.29, 1.82) is 0 Å². The summed E-state index contributed by atoms with van der Waals surface area (Å²) >= 11 is 0. The molecule has 1 aliphatic heterocycles. The third kappa shape index (κ3) is 7.74. The van der Waals surface area contributed by atoms with Crippen LogP contribution in [0.25, 0.3) is 0 Å². The molecule has 2 aromatic rings. The van der Waals surface area contributed by atoms with Gasteiger partial charge < -0.3 is 29.5 Å². The number of guanidine groups is 1. The average Bonchev–Trinajstić information content (AvgIpc) is 2.80. The van der Waals surface area contributed by atoms with Crippen LogP contribution in [0.15, 0.2) is 53.5 Å². The highest BCUT2D eigenvalue weighted by Crippen LogP contribution is 2.20. The number of likely N-dealkylation sites (N-methyl/N-ethyl adjacent to an activating group) is 1. The molecule has 0 atom stereocenters. The predicted molar refractivity (Wildman–Crippen MR) is 143 cm³/mol. The molecule has 0 spiro atoms. The minimum Gasteiger partial charge on any atom is -0.497 e. The van der Waals surface area contributed by atoms with Gasteiger partial charge in [-0.3, -0.25) is 4.99 Å². The van der Waals surface area contributed by atoms with E-state index < -0.39 is 0 Å². The second-order valence-corrected chi connectivity index (χ2v) is 7.87. The second kappa shape index (κ2) is 13.4. The number of aliphatic imine (C=N–C) groups is 1. The summed E-state index contributed by atoms with van der Waals surface area (Å²) in [5, 5.41) is 3.50. The quantitative estimate of drug-likeness (QED) is 0.308. The van der Waals surface area contributed by atoms with E-state index in [1.807, 2.05) is 45.4 Å². The highest BCUT2D eigenvalue weighted by Gasteiger charge is 2.19. The Labute approximate surface area is 209 Å².